The molecule has 1 heterocycles. The number of hydrogen-bond acceptors (Lipinski definition) is 6. The molecule has 0 aliphatic carbocycles. The Morgan fingerprint density at radius 1 is 1.04 bits per heavy atom. The Morgan fingerprint density at radius 2 is 1.68 bits per heavy atom. The number of nitrogens with one attached hydrogen (secondary N) is 2. The number of aliphatic carboxylic acids is 1. The summed E-state index contributed by atoms with van der Waals surface area (Å²) in [6, 6.07) is 9.22. The molecule has 5 atom stereocenters. The van der Waals surface area contributed by atoms with Gasteiger partial charge in [-0.1, -0.05) is 69.3 Å². The average molecular weight is 651 g/mol. The number of carboxylic acid groups (broad SMARTS) is 1. The van der Waals surface area contributed by atoms with E-state index in [2.05, 4.69) is 17.2 Å². The zero-order valence-corrected chi connectivity index (χ0v) is 28.8. The first kappa shape index (κ1) is 37.1. The monoisotopic (exact) mass is 650 g/mol. The highest BCUT2D eigenvalue weighted by molar-refractivity contribution is 5.95. The first-order valence-corrected chi connectivity index (χ1v) is 16.0. The lowest BCUT2D eigenvalue weighted by Gasteiger charge is -2.37. The van der Waals surface area contributed by atoms with Gasteiger partial charge in [-0.15, -0.1) is 6.58 Å². The standard InChI is InChI=1S/C36H50N4O7/c1-10-13-24-20-28(31(42)37-27(33(44)45)19-23-16-17-25-14-11-12-15-26(25)18-23)40(21-24)32(43)29(35(3,4)5)38-30(41)22(2)39(9)34(46)47-36(6,7)8/h10-12,14-18,22,24,27-29H,1,13,19-21H2,2-9H3,(H,37,42)(H,38,41)(H,44,45)/t22-,24-,27?,28-,29+/m0/s1. The number of amides is 4. The molecule has 0 radical (unpaired) electrons. The normalized spacial score (nSPS) is 18.5. The molecular weight excluding hydrogens is 600 g/mol. The molecule has 1 saturated heterocycles. The fourth-order valence-corrected chi connectivity index (χ4v) is 5.64. The van der Waals surface area contributed by atoms with Crippen LogP contribution in [0, 0.1) is 11.3 Å². The predicted octanol–water partition coefficient (Wildman–Crippen LogP) is 4.53. The molecule has 1 unspecified atom stereocenters. The number of carboxylic acids is 1. The van der Waals surface area contributed by atoms with E-state index >= 15 is 0 Å². The summed E-state index contributed by atoms with van der Waals surface area (Å²) in [5.41, 5.74) is -0.775. The van der Waals surface area contributed by atoms with Crippen LogP contribution >= 0.6 is 0 Å². The SMILES string of the molecule is C=CC[C@H]1C[C@@H](C(=O)NC(Cc2ccc3ccccc3c2)C(=O)O)N(C(=O)[C@@H](NC(=O)[C@H](C)N(C)C(=O)OC(C)(C)C)C(C)(C)C)C1. The van der Waals surface area contributed by atoms with Gasteiger partial charge in [-0.2, -0.15) is 0 Å². The molecule has 1 fully saturated rings. The van der Waals surface area contributed by atoms with Gasteiger partial charge in [-0.05, 0) is 68.2 Å². The van der Waals surface area contributed by atoms with Crippen molar-refractivity contribution in [2.45, 2.75) is 97.5 Å². The quantitative estimate of drug-likeness (QED) is 0.303. The van der Waals surface area contributed by atoms with Crippen LogP contribution in [0.5, 0.6) is 0 Å². The summed E-state index contributed by atoms with van der Waals surface area (Å²) in [5.74, 6) is -2.87. The van der Waals surface area contributed by atoms with Gasteiger partial charge in [0, 0.05) is 20.0 Å². The van der Waals surface area contributed by atoms with Crippen molar-refractivity contribution in [3.63, 3.8) is 0 Å². The van der Waals surface area contributed by atoms with Crippen LogP contribution in [0.3, 0.4) is 0 Å². The molecule has 0 bridgehead atoms. The number of benzene rings is 2. The molecule has 11 nitrogen and oxygen atoms in total. The largest absolute Gasteiger partial charge is 0.480 e. The van der Waals surface area contributed by atoms with E-state index in [0.717, 1.165) is 16.3 Å². The maximum absolute atomic E-state index is 14.2. The molecule has 1 aliphatic heterocycles. The molecule has 0 spiro atoms. The number of likely N-dealkylation sites (tertiary alicyclic amines) is 1. The van der Waals surface area contributed by atoms with E-state index in [1.165, 1.54) is 23.8 Å². The zero-order chi connectivity index (χ0) is 35.3. The van der Waals surface area contributed by atoms with Gasteiger partial charge in [-0.25, -0.2) is 9.59 Å². The first-order valence-electron chi connectivity index (χ1n) is 16.0. The minimum atomic E-state index is -1.22. The van der Waals surface area contributed by atoms with Crippen LogP contribution in [0.1, 0.15) is 66.9 Å². The summed E-state index contributed by atoms with van der Waals surface area (Å²) in [4.78, 5) is 68.9. The van der Waals surface area contributed by atoms with Crippen LogP contribution in [0.2, 0.25) is 0 Å². The summed E-state index contributed by atoms with van der Waals surface area (Å²) < 4.78 is 5.39. The molecule has 3 N–H and O–H groups in total. The fraction of sp³-hybridized carbons (Fsp3) is 0.528. The van der Waals surface area contributed by atoms with E-state index in [9.17, 15) is 29.1 Å². The van der Waals surface area contributed by atoms with Crippen LogP contribution in [-0.4, -0.2) is 88.1 Å². The number of carbonyl (C=O) groups excluding carboxylic acids is 4. The van der Waals surface area contributed by atoms with Crippen molar-refractivity contribution in [3.05, 3.63) is 60.7 Å². The second kappa shape index (κ2) is 15.0. The van der Waals surface area contributed by atoms with E-state index in [4.69, 9.17) is 4.74 Å². The minimum absolute atomic E-state index is 0.0619. The molecule has 3 rings (SSSR count). The molecule has 0 aromatic heterocycles. The number of hydrogen-bond donors (Lipinski definition) is 3. The lowest BCUT2D eigenvalue weighted by molar-refractivity contribution is -0.146. The summed E-state index contributed by atoms with van der Waals surface area (Å²) in [6.07, 6.45) is 1.97. The van der Waals surface area contributed by atoms with Crippen LogP contribution < -0.4 is 10.6 Å². The number of fused-ring (bicyclic) bond motifs is 1. The highest BCUT2D eigenvalue weighted by Crippen LogP contribution is 2.31. The van der Waals surface area contributed by atoms with Crippen molar-refractivity contribution in [1.29, 1.82) is 0 Å². The van der Waals surface area contributed by atoms with Crippen molar-refractivity contribution < 1.29 is 33.8 Å². The van der Waals surface area contributed by atoms with Crippen molar-refractivity contribution in [2.24, 2.45) is 11.3 Å². The lowest BCUT2D eigenvalue weighted by Crippen LogP contribution is -2.60. The molecular formula is C36H50N4O7. The third-order valence-corrected chi connectivity index (χ3v) is 8.38. The van der Waals surface area contributed by atoms with E-state index in [1.807, 2.05) is 42.5 Å². The second-order valence-electron chi connectivity index (χ2n) is 14.5. The number of rotatable bonds is 11. The summed E-state index contributed by atoms with van der Waals surface area (Å²) in [7, 11) is 1.45. The average Bonchev–Trinajstić information content (AvgIpc) is 3.41. The van der Waals surface area contributed by atoms with Crippen LogP contribution in [-0.2, 0) is 30.3 Å². The molecule has 256 valence electrons. The topological polar surface area (TPSA) is 145 Å². The van der Waals surface area contributed by atoms with E-state index in [-0.39, 0.29) is 18.9 Å². The third-order valence-electron chi connectivity index (χ3n) is 8.38. The Hall–Kier alpha value is -4.41. The number of allylic oxidation sites excluding steroid dienone is 1. The molecule has 2 aromatic carbocycles. The van der Waals surface area contributed by atoms with Gasteiger partial charge in [0.1, 0.15) is 29.8 Å². The minimum Gasteiger partial charge on any atom is -0.480 e. The van der Waals surface area contributed by atoms with Crippen molar-refractivity contribution >= 4 is 40.6 Å². The predicted molar refractivity (Wildman–Crippen MR) is 180 cm³/mol. The first-order chi connectivity index (χ1) is 21.8. The van der Waals surface area contributed by atoms with Gasteiger partial charge >= 0.3 is 12.1 Å². The van der Waals surface area contributed by atoms with Gasteiger partial charge < -0.3 is 25.4 Å². The highest BCUT2D eigenvalue weighted by atomic mass is 16.6. The van der Waals surface area contributed by atoms with Gasteiger partial charge in [-0.3, -0.25) is 19.3 Å². The number of likely N-dealkylation sites (N-methyl/N-ethyl adjacent to an activating group) is 1. The van der Waals surface area contributed by atoms with Crippen LogP contribution in [0.4, 0.5) is 4.79 Å². The zero-order valence-electron chi connectivity index (χ0n) is 28.8. The van der Waals surface area contributed by atoms with Crippen LogP contribution in [0.15, 0.2) is 55.1 Å². The Morgan fingerprint density at radius 3 is 2.26 bits per heavy atom. The smallest absolute Gasteiger partial charge is 0.410 e. The van der Waals surface area contributed by atoms with Gasteiger partial charge in [0.25, 0.3) is 0 Å². The Balaban J connectivity index is 1.82. The van der Waals surface area contributed by atoms with Gasteiger partial charge in [0.05, 0.1) is 0 Å². The highest BCUT2D eigenvalue weighted by Gasteiger charge is 2.45. The van der Waals surface area contributed by atoms with Crippen LogP contribution in [0.25, 0.3) is 10.8 Å². The van der Waals surface area contributed by atoms with Gasteiger partial charge in [0.15, 0.2) is 0 Å². The molecule has 1 aliphatic rings. The van der Waals surface area contributed by atoms with E-state index < -0.39 is 65.0 Å². The molecule has 2 aromatic rings. The van der Waals surface area contributed by atoms with Crippen molar-refractivity contribution in [1.82, 2.24) is 20.4 Å². The Bertz CT molecular complexity index is 1490. The third kappa shape index (κ3) is 9.79. The van der Waals surface area contributed by atoms with Gasteiger partial charge in [0.2, 0.25) is 17.7 Å². The number of nitrogens with zero attached hydrogens (tertiary/aromatic N) is 2. The van der Waals surface area contributed by atoms with E-state index in [0.29, 0.717) is 12.8 Å². The second-order valence-corrected chi connectivity index (χ2v) is 14.5. The summed E-state index contributed by atoms with van der Waals surface area (Å²) >= 11 is 0. The molecule has 0 saturated carbocycles. The van der Waals surface area contributed by atoms with Crippen molar-refractivity contribution in [3.8, 4) is 0 Å². The summed E-state index contributed by atoms with van der Waals surface area (Å²) in [6.45, 7) is 16.2. The maximum atomic E-state index is 14.2. The number of ether oxygens (including phenoxy) is 1. The Labute approximate surface area is 277 Å². The fourth-order valence-electron chi connectivity index (χ4n) is 5.64. The molecule has 4 amide bonds. The molecule has 11 heteroatoms. The number of carbonyl (C=O) groups is 5. The lowest BCUT2D eigenvalue weighted by atomic mass is 9.85. The molecule has 47 heavy (non-hydrogen) atoms. The Kier molecular flexibility index (Phi) is 11.8. The van der Waals surface area contributed by atoms with E-state index in [1.54, 1.807) is 47.6 Å². The maximum Gasteiger partial charge on any atom is 0.410 e. The van der Waals surface area contributed by atoms with Crippen molar-refractivity contribution in [2.75, 3.05) is 13.6 Å². The summed E-state index contributed by atoms with van der Waals surface area (Å²) in [5, 5.41) is 17.5.